The number of fused-ring (bicyclic) bond motifs is 1. The van der Waals surface area contributed by atoms with Crippen molar-refractivity contribution in [2.24, 2.45) is 11.8 Å². The normalized spacial score (nSPS) is 25.2. The molecular weight excluding hydrogens is 362 g/mol. The second kappa shape index (κ2) is 10.4. The summed E-state index contributed by atoms with van der Waals surface area (Å²) in [6, 6.07) is 0. The van der Waals surface area contributed by atoms with E-state index in [1.165, 1.54) is 12.7 Å². The summed E-state index contributed by atoms with van der Waals surface area (Å²) in [6.45, 7) is 2.08. The van der Waals surface area contributed by atoms with Crippen molar-refractivity contribution in [1.29, 1.82) is 0 Å². The van der Waals surface area contributed by atoms with Gasteiger partial charge in [-0.25, -0.2) is 15.0 Å². The van der Waals surface area contributed by atoms with E-state index in [4.69, 9.17) is 5.73 Å². The number of nitrogens with zero attached hydrogens (tertiary/aromatic N) is 3. The van der Waals surface area contributed by atoms with Gasteiger partial charge in [0.05, 0.1) is 18.3 Å². The van der Waals surface area contributed by atoms with Crippen molar-refractivity contribution in [2.75, 3.05) is 5.73 Å². The summed E-state index contributed by atoms with van der Waals surface area (Å²) < 4.78 is 0. The molecule has 0 bridgehead atoms. The molecule has 0 amide bonds. The largest absolute Gasteiger partial charge is 0.390 e. The number of rotatable bonds is 5. The number of ketones is 1. The molecule has 3 rings (SSSR count). The van der Waals surface area contributed by atoms with Crippen LogP contribution in [0, 0.1) is 11.8 Å². The van der Waals surface area contributed by atoms with E-state index in [9.17, 15) is 19.8 Å². The van der Waals surface area contributed by atoms with Crippen molar-refractivity contribution in [3.63, 3.8) is 0 Å². The fraction of sp³-hybridized carbons (Fsp3) is 0.421. The standard InChI is InChI=1S/C14H20O4.C5H5N5/c1-2-3-4-5-6-7-10-8-12(16)14(18)13(17)11(10)9-15;6-4-3-5(9-1-7-3)10-2-8-4/h4-7,9-12,14,16,18H,2-3,8H2,1H3;1-2H,(H3,6,7,8,9,10). The van der Waals surface area contributed by atoms with Gasteiger partial charge in [-0.3, -0.25) is 4.79 Å². The predicted octanol–water partition coefficient (Wildman–Crippen LogP) is 0.960. The summed E-state index contributed by atoms with van der Waals surface area (Å²) in [4.78, 5) is 36.9. The molecule has 0 radical (unpaired) electrons. The van der Waals surface area contributed by atoms with E-state index >= 15 is 0 Å². The van der Waals surface area contributed by atoms with Gasteiger partial charge in [0.1, 0.15) is 24.2 Å². The molecule has 1 aliphatic carbocycles. The lowest BCUT2D eigenvalue weighted by Gasteiger charge is -2.31. The minimum absolute atomic E-state index is 0.231. The third-order valence-corrected chi connectivity index (χ3v) is 4.42. The summed E-state index contributed by atoms with van der Waals surface area (Å²) in [5.74, 6) is -1.34. The second-order valence-corrected chi connectivity index (χ2v) is 6.44. The molecule has 0 spiro atoms. The van der Waals surface area contributed by atoms with Gasteiger partial charge in [-0.1, -0.05) is 37.6 Å². The van der Waals surface area contributed by atoms with Crippen molar-refractivity contribution >= 4 is 29.1 Å². The molecule has 28 heavy (non-hydrogen) atoms. The Labute approximate surface area is 162 Å². The topological polar surface area (TPSA) is 155 Å². The van der Waals surface area contributed by atoms with Crippen molar-refractivity contribution in [3.8, 4) is 0 Å². The zero-order valence-corrected chi connectivity index (χ0v) is 15.6. The molecule has 2 aromatic rings. The maximum Gasteiger partial charge on any atom is 0.182 e. The van der Waals surface area contributed by atoms with Crippen molar-refractivity contribution in [3.05, 3.63) is 37.0 Å². The number of aldehydes is 1. The van der Waals surface area contributed by atoms with E-state index in [-0.39, 0.29) is 12.3 Å². The highest BCUT2D eigenvalue weighted by Gasteiger charge is 2.41. The van der Waals surface area contributed by atoms with Crippen LogP contribution in [-0.2, 0) is 9.59 Å². The van der Waals surface area contributed by atoms with Crippen LogP contribution < -0.4 is 5.73 Å². The first-order valence-corrected chi connectivity index (χ1v) is 9.07. The number of hydrogen-bond acceptors (Lipinski definition) is 8. The Kier molecular flexibility index (Phi) is 7.97. The highest BCUT2D eigenvalue weighted by molar-refractivity contribution is 5.97. The molecule has 0 aromatic carbocycles. The SMILES string of the molecule is CCCC=CC=CC1CC(O)C(O)C(=O)C1C=O.Nc1ncnc2nc[nH]c12. The van der Waals surface area contributed by atoms with Crippen molar-refractivity contribution in [2.45, 2.75) is 38.4 Å². The maximum atomic E-state index is 11.6. The highest BCUT2D eigenvalue weighted by atomic mass is 16.3. The molecule has 9 heteroatoms. The number of anilines is 1. The number of aromatic nitrogens is 4. The number of aromatic amines is 1. The second-order valence-electron chi connectivity index (χ2n) is 6.44. The molecule has 1 aliphatic rings. The molecule has 1 fully saturated rings. The number of unbranched alkanes of at least 4 members (excludes halogenated alkanes) is 1. The zero-order chi connectivity index (χ0) is 20.5. The molecule has 150 valence electrons. The molecule has 2 heterocycles. The number of imidazole rings is 1. The van der Waals surface area contributed by atoms with Gasteiger partial charge in [-0.05, 0) is 18.8 Å². The minimum atomic E-state index is -1.43. The van der Waals surface area contributed by atoms with Crippen molar-refractivity contribution < 1.29 is 19.8 Å². The van der Waals surface area contributed by atoms with Gasteiger partial charge >= 0.3 is 0 Å². The van der Waals surface area contributed by atoms with Crippen LogP contribution in [0.15, 0.2) is 37.0 Å². The number of carbonyl (C=O) groups is 2. The van der Waals surface area contributed by atoms with Gasteiger partial charge in [0.2, 0.25) is 0 Å². The Hall–Kier alpha value is -2.91. The zero-order valence-electron chi connectivity index (χ0n) is 15.6. The minimum Gasteiger partial charge on any atom is -0.390 e. The summed E-state index contributed by atoms with van der Waals surface area (Å²) in [5, 5.41) is 18.9. The first kappa shape index (κ1) is 21.4. The van der Waals surface area contributed by atoms with E-state index < -0.39 is 23.9 Å². The number of nitrogens with two attached hydrogens (primary N) is 1. The van der Waals surface area contributed by atoms with Crippen LogP contribution in [0.1, 0.15) is 26.2 Å². The first-order chi connectivity index (χ1) is 13.5. The lowest BCUT2D eigenvalue weighted by atomic mass is 9.76. The van der Waals surface area contributed by atoms with Gasteiger partial charge < -0.3 is 25.7 Å². The Bertz CT molecular complexity index is 848. The lowest BCUT2D eigenvalue weighted by molar-refractivity contribution is -0.146. The average molecular weight is 387 g/mol. The molecule has 5 N–H and O–H groups in total. The Morgan fingerprint density at radius 3 is 2.75 bits per heavy atom. The van der Waals surface area contributed by atoms with Crippen LogP contribution in [0.5, 0.6) is 0 Å². The monoisotopic (exact) mass is 387 g/mol. The predicted molar refractivity (Wildman–Crippen MR) is 104 cm³/mol. The molecule has 1 saturated carbocycles. The fourth-order valence-electron chi connectivity index (χ4n) is 2.85. The third-order valence-electron chi connectivity index (χ3n) is 4.42. The van der Waals surface area contributed by atoms with E-state index in [1.807, 2.05) is 12.2 Å². The Balaban J connectivity index is 0.000000233. The van der Waals surface area contributed by atoms with E-state index in [2.05, 4.69) is 26.9 Å². The van der Waals surface area contributed by atoms with Gasteiger partial charge in [0, 0.05) is 0 Å². The molecule has 9 nitrogen and oxygen atoms in total. The van der Waals surface area contributed by atoms with E-state index in [0.29, 0.717) is 23.3 Å². The summed E-state index contributed by atoms with van der Waals surface area (Å²) in [7, 11) is 0. The first-order valence-electron chi connectivity index (χ1n) is 9.07. The number of hydrogen-bond donors (Lipinski definition) is 4. The lowest BCUT2D eigenvalue weighted by Crippen LogP contribution is -2.47. The number of nitrogens with one attached hydrogen (secondary N) is 1. The van der Waals surface area contributed by atoms with Crippen LogP contribution in [0.2, 0.25) is 0 Å². The number of carbonyl (C=O) groups excluding carboxylic acids is 2. The van der Waals surface area contributed by atoms with Crippen LogP contribution in [0.4, 0.5) is 5.82 Å². The number of H-pyrrole nitrogens is 1. The number of Topliss-reactive ketones (excluding diaryl/α,β-unsaturated/α-hetero) is 1. The highest BCUT2D eigenvalue weighted by Crippen LogP contribution is 2.28. The smallest absolute Gasteiger partial charge is 0.182 e. The van der Waals surface area contributed by atoms with Crippen LogP contribution in [-0.4, -0.2) is 54.4 Å². The maximum absolute atomic E-state index is 11.6. The Morgan fingerprint density at radius 1 is 1.29 bits per heavy atom. The van der Waals surface area contributed by atoms with E-state index in [0.717, 1.165) is 12.8 Å². The molecule has 4 atom stereocenters. The van der Waals surface area contributed by atoms with Gasteiger partial charge in [0.15, 0.2) is 17.2 Å². The number of allylic oxidation sites excluding steroid dienone is 4. The molecule has 0 aliphatic heterocycles. The van der Waals surface area contributed by atoms with E-state index in [1.54, 1.807) is 12.2 Å². The molecule has 2 aromatic heterocycles. The molecule has 4 unspecified atom stereocenters. The Morgan fingerprint density at radius 2 is 2.07 bits per heavy atom. The summed E-state index contributed by atoms with van der Waals surface area (Å²) in [5.41, 5.74) is 6.78. The quantitative estimate of drug-likeness (QED) is 0.336. The van der Waals surface area contributed by atoms with Crippen LogP contribution >= 0.6 is 0 Å². The van der Waals surface area contributed by atoms with Gasteiger partial charge in [-0.15, -0.1) is 0 Å². The fourth-order valence-corrected chi connectivity index (χ4v) is 2.85. The summed E-state index contributed by atoms with van der Waals surface area (Å²) in [6.07, 6.45) is 10.6. The van der Waals surface area contributed by atoms with Crippen LogP contribution in [0.3, 0.4) is 0 Å². The number of aliphatic hydroxyl groups is 2. The third kappa shape index (κ3) is 5.30. The van der Waals surface area contributed by atoms with Gasteiger partial charge in [-0.2, -0.15) is 0 Å². The van der Waals surface area contributed by atoms with Gasteiger partial charge in [0.25, 0.3) is 0 Å². The average Bonchev–Trinajstić information content (AvgIpc) is 3.17. The number of nitrogen functional groups attached to an aromatic ring is 1. The summed E-state index contributed by atoms with van der Waals surface area (Å²) >= 11 is 0. The molecular formula is C19H25N5O4. The number of aliphatic hydroxyl groups excluding tert-OH is 2. The molecule has 0 saturated heterocycles. The van der Waals surface area contributed by atoms with Crippen molar-refractivity contribution in [1.82, 2.24) is 19.9 Å². The van der Waals surface area contributed by atoms with Crippen LogP contribution in [0.25, 0.3) is 11.2 Å².